The molecule has 1 N–H and O–H groups in total. The van der Waals surface area contributed by atoms with Crippen LogP contribution in [0.4, 0.5) is 0 Å². The molecule has 96 heavy (non-hydrogen) atoms. The maximum absolute atomic E-state index is 12.4. The van der Waals surface area contributed by atoms with Gasteiger partial charge in [-0.3, -0.25) is 9.59 Å². The van der Waals surface area contributed by atoms with Gasteiger partial charge in [-0.05, 0) is 141 Å². The van der Waals surface area contributed by atoms with E-state index in [0.717, 1.165) is 148 Å². The first kappa shape index (κ1) is 90.7. The number of aliphatic hydroxyl groups is 1. The van der Waals surface area contributed by atoms with Crippen LogP contribution in [0, 0.1) is 0 Å². The van der Waals surface area contributed by atoms with Crippen LogP contribution < -0.4 is 0 Å². The van der Waals surface area contributed by atoms with Crippen molar-refractivity contribution in [2.24, 2.45) is 0 Å². The third-order valence-electron chi connectivity index (χ3n) is 16.9. The van der Waals surface area contributed by atoms with Crippen molar-refractivity contribution >= 4 is 11.9 Å². The first-order chi connectivity index (χ1) is 47.6. The van der Waals surface area contributed by atoms with Gasteiger partial charge in [0, 0.05) is 12.8 Å². The molecule has 0 bridgehead atoms. The Bertz CT molecular complexity index is 2140. The van der Waals surface area contributed by atoms with Crippen molar-refractivity contribution in [1.29, 1.82) is 0 Å². The Morgan fingerprint density at radius 1 is 0.240 bits per heavy atom. The number of rotatable bonds is 72. The summed E-state index contributed by atoms with van der Waals surface area (Å²) in [7, 11) is 0. The minimum absolute atomic E-state index is 0.0770. The molecule has 0 saturated carbocycles. The number of carbonyl (C=O) groups is 2. The highest BCUT2D eigenvalue weighted by atomic mass is 16.6. The second kappa shape index (κ2) is 84.0. The molecule has 0 saturated heterocycles. The highest BCUT2D eigenvalue weighted by Gasteiger charge is 2.16. The molecule has 0 rings (SSSR count). The first-order valence-electron chi connectivity index (χ1n) is 40.0. The Morgan fingerprint density at radius 2 is 0.417 bits per heavy atom. The van der Waals surface area contributed by atoms with Crippen molar-refractivity contribution in [3.63, 3.8) is 0 Å². The molecule has 0 aromatic carbocycles. The van der Waals surface area contributed by atoms with Crippen molar-refractivity contribution < 1.29 is 24.2 Å². The Balaban J connectivity index is 3.52. The number of ether oxygens (including phenoxy) is 2. The molecule has 0 aromatic rings. The Labute approximate surface area is 594 Å². The standard InChI is InChI=1S/C91H148O5/c1-3-5-7-9-11-13-15-17-19-21-23-25-27-29-31-33-35-37-39-41-43-45-47-49-51-53-55-57-59-61-63-65-67-69-71-73-75-77-79-81-83-85-90(93)95-88-89(87-92)96-91(94)86-84-82-80-78-76-74-72-70-68-66-64-62-60-58-56-54-52-50-48-46-44-42-40-38-36-34-32-30-28-26-24-22-20-18-16-14-12-10-8-6-4-2/h5-8,11-14,17-20,23-26,29-32,36,38,42,44,48,50,54,56,60,62,66,68,89,92H,3-4,9-10,15-16,21-22,27-28,33-35,37,39-41,43,45-47,49,51-53,55,57-59,61,63-65,67,69-88H2,1-2H3/b7-5-,8-6-,13-11-,14-12-,19-17-,20-18-,25-23-,26-24-,31-29-,32-30-,38-36-,44-42-,50-48-,56-54-,62-60-,68-66-. The lowest BCUT2D eigenvalue weighted by molar-refractivity contribution is -0.161. The van der Waals surface area contributed by atoms with Gasteiger partial charge in [0.15, 0.2) is 6.10 Å². The maximum Gasteiger partial charge on any atom is 0.306 e. The van der Waals surface area contributed by atoms with Gasteiger partial charge in [0.05, 0.1) is 6.61 Å². The maximum atomic E-state index is 12.4. The van der Waals surface area contributed by atoms with Crippen LogP contribution in [0.5, 0.6) is 0 Å². The average Bonchev–Trinajstić information content (AvgIpc) is 3.79. The molecular formula is C91H148O5. The van der Waals surface area contributed by atoms with E-state index in [1.807, 2.05) is 0 Å². The van der Waals surface area contributed by atoms with E-state index in [2.05, 4.69) is 208 Å². The number of hydrogen-bond acceptors (Lipinski definition) is 5. The topological polar surface area (TPSA) is 72.8 Å². The third-order valence-corrected chi connectivity index (χ3v) is 16.9. The monoisotopic (exact) mass is 1320 g/mol. The molecule has 1 atom stereocenters. The van der Waals surface area contributed by atoms with Crippen LogP contribution in [0.15, 0.2) is 194 Å². The minimum Gasteiger partial charge on any atom is -0.462 e. The number of unbranched alkanes of at least 4 members (excludes halogenated alkanes) is 32. The molecule has 1 unspecified atom stereocenters. The van der Waals surface area contributed by atoms with Gasteiger partial charge in [0.1, 0.15) is 6.61 Å². The van der Waals surface area contributed by atoms with E-state index in [9.17, 15) is 14.7 Å². The third kappa shape index (κ3) is 81.2. The van der Waals surface area contributed by atoms with Gasteiger partial charge < -0.3 is 14.6 Å². The lowest BCUT2D eigenvalue weighted by Gasteiger charge is -2.15. The molecule has 0 radical (unpaired) electrons. The van der Waals surface area contributed by atoms with Gasteiger partial charge >= 0.3 is 11.9 Å². The van der Waals surface area contributed by atoms with Crippen molar-refractivity contribution in [2.75, 3.05) is 13.2 Å². The Morgan fingerprint density at radius 3 is 0.625 bits per heavy atom. The zero-order valence-electron chi connectivity index (χ0n) is 62.3. The lowest BCUT2D eigenvalue weighted by Crippen LogP contribution is -2.28. The van der Waals surface area contributed by atoms with Crippen molar-refractivity contribution in [3.8, 4) is 0 Å². The molecule has 0 aliphatic heterocycles. The van der Waals surface area contributed by atoms with Gasteiger partial charge in [-0.2, -0.15) is 0 Å². The van der Waals surface area contributed by atoms with Crippen molar-refractivity contribution in [3.05, 3.63) is 194 Å². The smallest absolute Gasteiger partial charge is 0.306 e. The molecular weight excluding hydrogens is 1170 g/mol. The summed E-state index contributed by atoms with van der Waals surface area (Å²) in [5.41, 5.74) is 0. The van der Waals surface area contributed by atoms with Gasteiger partial charge in [0.25, 0.3) is 0 Å². The molecule has 0 aliphatic rings. The fourth-order valence-corrected chi connectivity index (χ4v) is 11.0. The van der Waals surface area contributed by atoms with Gasteiger partial charge in [-0.15, -0.1) is 0 Å². The minimum atomic E-state index is -0.791. The van der Waals surface area contributed by atoms with E-state index in [1.54, 1.807) is 0 Å². The second-order valence-corrected chi connectivity index (χ2v) is 26.0. The van der Waals surface area contributed by atoms with E-state index >= 15 is 0 Å². The van der Waals surface area contributed by atoms with Crippen molar-refractivity contribution in [1.82, 2.24) is 0 Å². The predicted molar refractivity (Wildman–Crippen MR) is 426 cm³/mol. The summed E-state index contributed by atoms with van der Waals surface area (Å²) < 4.78 is 10.8. The molecule has 5 heteroatoms. The molecule has 0 aliphatic carbocycles. The lowest BCUT2D eigenvalue weighted by atomic mass is 10.0. The van der Waals surface area contributed by atoms with Crippen LogP contribution in [0.2, 0.25) is 0 Å². The van der Waals surface area contributed by atoms with Crippen LogP contribution in [0.3, 0.4) is 0 Å². The summed E-state index contributed by atoms with van der Waals surface area (Å²) in [6.07, 6.45) is 132. The molecule has 0 spiro atoms. The zero-order valence-corrected chi connectivity index (χ0v) is 62.3. The Hall–Kier alpha value is -5.26. The quantitative estimate of drug-likeness (QED) is 0.0373. The van der Waals surface area contributed by atoms with Gasteiger partial charge in [-0.1, -0.05) is 388 Å². The number of esters is 2. The number of allylic oxidation sites excluding steroid dienone is 32. The number of aliphatic hydroxyl groups excluding tert-OH is 1. The van der Waals surface area contributed by atoms with E-state index in [0.29, 0.717) is 12.8 Å². The van der Waals surface area contributed by atoms with Gasteiger partial charge in [0.2, 0.25) is 0 Å². The average molecular weight is 1320 g/mol. The highest BCUT2D eigenvalue weighted by Crippen LogP contribution is 2.18. The number of carbonyl (C=O) groups excluding carboxylic acids is 2. The van der Waals surface area contributed by atoms with Crippen LogP contribution in [0.1, 0.15) is 348 Å². The number of hydrogen-bond donors (Lipinski definition) is 1. The molecule has 0 amide bonds. The molecule has 0 aromatic heterocycles. The predicted octanol–water partition coefficient (Wildman–Crippen LogP) is 28.7. The van der Waals surface area contributed by atoms with Gasteiger partial charge in [-0.25, -0.2) is 0 Å². The highest BCUT2D eigenvalue weighted by molar-refractivity contribution is 5.70. The summed E-state index contributed by atoms with van der Waals surface area (Å²) in [4.78, 5) is 24.7. The van der Waals surface area contributed by atoms with Crippen LogP contribution in [-0.4, -0.2) is 36.4 Å². The summed E-state index contributed by atoms with van der Waals surface area (Å²) in [5, 5.41) is 9.73. The molecule has 0 heterocycles. The van der Waals surface area contributed by atoms with Crippen molar-refractivity contribution in [2.45, 2.75) is 354 Å². The summed E-state index contributed by atoms with van der Waals surface area (Å²) >= 11 is 0. The summed E-state index contributed by atoms with van der Waals surface area (Å²) in [5.74, 6) is -0.601. The van der Waals surface area contributed by atoms with E-state index in [4.69, 9.17) is 9.47 Å². The van der Waals surface area contributed by atoms with E-state index in [1.165, 1.54) is 173 Å². The van der Waals surface area contributed by atoms with Crippen LogP contribution >= 0.6 is 0 Å². The molecule has 5 nitrogen and oxygen atoms in total. The normalized spacial score (nSPS) is 13.3. The Kier molecular flexibility index (Phi) is 79.4. The van der Waals surface area contributed by atoms with Crippen LogP contribution in [0.25, 0.3) is 0 Å². The van der Waals surface area contributed by atoms with Crippen LogP contribution in [-0.2, 0) is 19.1 Å². The second-order valence-electron chi connectivity index (χ2n) is 26.0. The van der Waals surface area contributed by atoms with E-state index in [-0.39, 0.29) is 25.2 Å². The zero-order chi connectivity index (χ0) is 69.0. The summed E-state index contributed by atoms with van der Waals surface area (Å²) in [6.45, 7) is 3.92. The largest absolute Gasteiger partial charge is 0.462 e. The molecule has 542 valence electrons. The fourth-order valence-electron chi connectivity index (χ4n) is 11.0. The SMILES string of the molecule is CC/C=C\C/C=C\C/C=C\C/C=C\C/C=C\C/C=C\C/C=C\C/C=C\C/C=C\C/C=C\C/C=C\CCCCCCCCCC(=O)OC(CO)COC(=O)CCCCCCCCCCCCCCCCCCCCCCCCCCC/C=C\C/C=C\C/C=C\C/C=C\C/C=C\CC. The molecule has 0 fully saturated rings. The fraction of sp³-hybridized carbons (Fsp3) is 0.626. The first-order valence-corrected chi connectivity index (χ1v) is 40.0. The summed E-state index contributed by atoms with van der Waals surface area (Å²) in [6, 6.07) is 0. The van der Waals surface area contributed by atoms with E-state index < -0.39 is 6.10 Å².